The number of aldehydes is 1. The number of rotatable bonds is 5. The standard InChI is InChI=1S/C10H19NO5/c1-10(2,3)16-9(13)11-7(6-12)8(14-4)15-5/h6-8H,1-5H3,(H,11,13). The van der Waals surface area contributed by atoms with Crippen LogP contribution in [-0.2, 0) is 19.0 Å². The maximum Gasteiger partial charge on any atom is 0.408 e. The summed E-state index contributed by atoms with van der Waals surface area (Å²) in [6, 6.07) is -0.898. The zero-order chi connectivity index (χ0) is 12.8. The first-order valence-corrected chi connectivity index (χ1v) is 4.84. The molecule has 16 heavy (non-hydrogen) atoms. The van der Waals surface area contributed by atoms with E-state index in [9.17, 15) is 9.59 Å². The third-order valence-corrected chi connectivity index (χ3v) is 1.59. The number of hydrogen-bond acceptors (Lipinski definition) is 5. The Morgan fingerprint density at radius 2 is 1.75 bits per heavy atom. The van der Waals surface area contributed by atoms with E-state index in [1.54, 1.807) is 20.8 Å². The van der Waals surface area contributed by atoms with Gasteiger partial charge in [-0.1, -0.05) is 0 Å². The zero-order valence-corrected chi connectivity index (χ0v) is 10.3. The normalized spacial score (nSPS) is 13.4. The van der Waals surface area contributed by atoms with E-state index >= 15 is 0 Å². The Balaban J connectivity index is 4.32. The second-order valence-electron chi connectivity index (χ2n) is 4.15. The Labute approximate surface area is 95.2 Å². The summed E-state index contributed by atoms with van der Waals surface area (Å²) < 4.78 is 14.7. The van der Waals surface area contributed by atoms with Crippen molar-refractivity contribution in [1.82, 2.24) is 5.32 Å². The molecule has 0 bridgehead atoms. The fourth-order valence-corrected chi connectivity index (χ4v) is 0.999. The summed E-state index contributed by atoms with van der Waals surface area (Å²) in [5, 5.41) is 2.35. The highest BCUT2D eigenvalue weighted by atomic mass is 16.7. The van der Waals surface area contributed by atoms with E-state index < -0.39 is 24.0 Å². The molecule has 94 valence electrons. The molecule has 6 heteroatoms. The van der Waals surface area contributed by atoms with Gasteiger partial charge in [0.1, 0.15) is 17.9 Å². The van der Waals surface area contributed by atoms with Crippen molar-refractivity contribution in [2.75, 3.05) is 14.2 Å². The highest BCUT2D eigenvalue weighted by molar-refractivity contribution is 5.73. The predicted octanol–water partition coefficient (Wildman–Crippen LogP) is 0.697. The van der Waals surface area contributed by atoms with Gasteiger partial charge in [-0.3, -0.25) is 0 Å². The average molecular weight is 233 g/mol. The van der Waals surface area contributed by atoms with Crippen molar-refractivity contribution < 1.29 is 23.8 Å². The molecule has 0 aromatic heterocycles. The summed E-state index contributed by atoms with van der Waals surface area (Å²) in [6.45, 7) is 5.19. The number of amides is 1. The van der Waals surface area contributed by atoms with Crippen molar-refractivity contribution in [2.45, 2.75) is 38.7 Å². The Morgan fingerprint density at radius 1 is 1.25 bits per heavy atom. The molecule has 0 aliphatic heterocycles. The summed E-state index contributed by atoms with van der Waals surface area (Å²) >= 11 is 0. The molecule has 0 radical (unpaired) electrons. The minimum absolute atomic E-state index is 0.529. The topological polar surface area (TPSA) is 73.9 Å². The van der Waals surface area contributed by atoms with Gasteiger partial charge in [0.15, 0.2) is 6.29 Å². The molecular formula is C10H19NO5. The third kappa shape index (κ3) is 5.67. The van der Waals surface area contributed by atoms with Crippen LogP contribution in [0.3, 0.4) is 0 Å². The van der Waals surface area contributed by atoms with Crippen LogP contribution in [-0.4, -0.2) is 44.5 Å². The van der Waals surface area contributed by atoms with Gasteiger partial charge in [-0.2, -0.15) is 0 Å². The largest absolute Gasteiger partial charge is 0.444 e. The molecule has 0 aliphatic carbocycles. The first-order chi connectivity index (χ1) is 7.34. The quantitative estimate of drug-likeness (QED) is 0.559. The summed E-state index contributed by atoms with van der Waals surface area (Å²) in [5.41, 5.74) is -0.618. The lowest BCUT2D eigenvalue weighted by Crippen LogP contribution is -2.47. The van der Waals surface area contributed by atoms with Crippen LogP contribution >= 0.6 is 0 Å². The van der Waals surface area contributed by atoms with Crippen molar-refractivity contribution in [2.24, 2.45) is 0 Å². The first-order valence-electron chi connectivity index (χ1n) is 4.84. The van der Waals surface area contributed by atoms with Crippen LogP contribution in [0.5, 0.6) is 0 Å². The van der Waals surface area contributed by atoms with Gasteiger partial charge in [-0.05, 0) is 20.8 Å². The first kappa shape index (κ1) is 14.9. The number of alkyl carbamates (subject to hydrolysis) is 1. The molecule has 0 rings (SSSR count). The molecule has 0 aliphatic rings. The molecule has 1 N–H and O–H groups in total. The van der Waals surface area contributed by atoms with E-state index in [1.165, 1.54) is 14.2 Å². The van der Waals surface area contributed by atoms with Crippen LogP contribution in [0, 0.1) is 0 Å². The van der Waals surface area contributed by atoms with Gasteiger partial charge in [0.05, 0.1) is 0 Å². The molecule has 0 fully saturated rings. The second kappa shape index (κ2) is 6.44. The minimum atomic E-state index is -0.898. The molecule has 0 saturated carbocycles. The van der Waals surface area contributed by atoms with Crippen LogP contribution in [0.25, 0.3) is 0 Å². The molecule has 1 unspecified atom stereocenters. The molecule has 0 aromatic carbocycles. The molecule has 0 saturated heterocycles. The lowest BCUT2D eigenvalue weighted by atomic mass is 10.2. The van der Waals surface area contributed by atoms with E-state index in [4.69, 9.17) is 14.2 Å². The van der Waals surface area contributed by atoms with E-state index in [0.717, 1.165) is 0 Å². The van der Waals surface area contributed by atoms with Crippen molar-refractivity contribution in [1.29, 1.82) is 0 Å². The van der Waals surface area contributed by atoms with E-state index in [2.05, 4.69) is 5.32 Å². The summed E-state index contributed by atoms with van der Waals surface area (Å²) in [7, 11) is 2.75. The smallest absolute Gasteiger partial charge is 0.408 e. The minimum Gasteiger partial charge on any atom is -0.444 e. The van der Waals surface area contributed by atoms with Crippen molar-refractivity contribution in [3.8, 4) is 0 Å². The molecule has 0 heterocycles. The van der Waals surface area contributed by atoms with Gasteiger partial charge in [-0.25, -0.2) is 4.79 Å². The number of nitrogens with one attached hydrogen (secondary N) is 1. The number of ether oxygens (including phenoxy) is 3. The SMILES string of the molecule is COC(OC)C(C=O)NC(=O)OC(C)(C)C. The third-order valence-electron chi connectivity index (χ3n) is 1.59. The molecule has 1 atom stereocenters. The Morgan fingerprint density at radius 3 is 2.06 bits per heavy atom. The van der Waals surface area contributed by atoms with Gasteiger partial charge >= 0.3 is 6.09 Å². The van der Waals surface area contributed by atoms with Crippen LogP contribution in [0.1, 0.15) is 20.8 Å². The summed E-state index contributed by atoms with van der Waals surface area (Å²) in [5.74, 6) is 0. The second-order valence-corrected chi connectivity index (χ2v) is 4.15. The lowest BCUT2D eigenvalue weighted by Gasteiger charge is -2.24. The highest BCUT2D eigenvalue weighted by Crippen LogP contribution is 2.07. The van der Waals surface area contributed by atoms with E-state index in [-0.39, 0.29) is 0 Å². The van der Waals surface area contributed by atoms with Gasteiger partial charge in [-0.15, -0.1) is 0 Å². The highest BCUT2D eigenvalue weighted by Gasteiger charge is 2.25. The Hall–Kier alpha value is -1.14. The lowest BCUT2D eigenvalue weighted by molar-refractivity contribution is -0.137. The van der Waals surface area contributed by atoms with Gasteiger partial charge in [0, 0.05) is 14.2 Å². The Kier molecular flexibility index (Phi) is 5.98. The summed E-state index contributed by atoms with van der Waals surface area (Å²) in [4.78, 5) is 22.1. The summed E-state index contributed by atoms with van der Waals surface area (Å²) in [6.07, 6.45) is -0.990. The van der Waals surface area contributed by atoms with Gasteiger partial charge in [0.2, 0.25) is 0 Å². The average Bonchev–Trinajstić information content (AvgIpc) is 2.15. The molecular weight excluding hydrogens is 214 g/mol. The van der Waals surface area contributed by atoms with Crippen LogP contribution < -0.4 is 5.32 Å². The van der Waals surface area contributed by atoms with E-state index in [1.807, 2.05) is 0 Å². The van der Waals surface area contributed by atoms with E-state index in [0.29, 0.717) is 6.29 Å². The Bertz CT molecular complexity index is 232. The van der Waals surface area contributed by atoms with Gasteiger partial charge < -0.3 is 24.3 Å². The number of carbonyl (C=O) groups excluding carboxylic acids is 2. The van der Waals surface area contributed by atoms with Crippen LogP contribution in [0.4, 0.5) is 4.79 Å². The predicted molar refractivity (Wildman–Crippen MR) is 57.0 cm³/mol. The molecule has 6 nitrogen and oxygen atoms in total. The zero-order valence-electron chi connectivity index (χ0n) is 10.3. The van der Waals surface area contributed by atoms with Crippen LogP contribution in [0.2, 0.25) is 0 Å². The number of hydrogen-bond donors (Lipinski definition) is 1. The fourth-order valence-electron chi connectivity index (χ4n) is 0.999. The van der Waals surface area contributed by atoms with Crippen molar-refractivity contribution in [3.63, 3.8) is 0 Å². The fraction of sp³-hybridized carbons (Fsp3) is 0.800. The maximum atomic E-state index is 11.4. The van der Waals surface area contributed by atoms with Crippen LogP contribution in [0.15, 0.2) is 0 Å². The van der Waals surface area contributed by atoms with Crippen molar-refractivity contribution in [3.05, 3.63) is 0 Å². The molecule has 0 spiro atoms. The monoisotopic (exact) mass is 233 g/mol. The molecule has 0 aromatic rings. The maximum absolute atomic E-state index is 11.4. The number of carbonyl (C=O) groups is 2. The number of methoxy groups -OCH3 is 2. The van der Waals surface area contributed by atoms with Crippen molar-refractivity contribution >= 4 is 12.4 Å². The molecule has 1 amide bonds. The van der Waals surface area contributed by atoms with Gasteiger partial charge in [0.25, 0.3) is 0 Å².